The smallest absolute Gasteiger partial charge is 0.274 e. The van der Waals surface area contributed by atoms with Crippen molar-refractivity contribution < 1.29 is 4.39 Å². The molecule has 18 heavy (non-hydrogen) atoms. The van der Waals surface area contributed by atoms with Crippen molar-refractivity contribution in [2.45, 2.75) is 0 Å². The molecule has 0 aliphatic rings. The first-order chi connectivity index (χ1) is 8.74. The summed E-state index contributed by atoms with van der Waals surface area (Å²) in [5.74, 6) is 0.296. The van der Waals surface area contributed by atoms with Crippen molar-refractivity contribution in [3.8, 4) is 22.8 Å². The van der Waals surface area contributed by atoms with Crippen LogP contribution in [0.3, 0.4) is 0 Å². The summed E-state index contributed by atoms with van der Waals surface area (Å²) in [6, 6.07) is 11.5. The van der Waals surface area contributed by atoms with Gasteiger partial charge in [-0.15, -0.1) is 5.10 Å². The second-order valence-electron chi connectivity index (χ2n) is 3.86. The summed E-state index contributed by atoms with van der Waals surface area (Å²) in [6.07, 6.45) is -0.624. The Hall–Kier alpha value is -2.50. The van der Waals surface area contributed by atoms with Gasteiger partial charge < -0.3 is 0 Å². The molecule has 90 valence electrons. The van der Waals surface area contributed by atoms with Gasteiger partial charge in [-0.25, -0.2) is 4.68 Å². The van der Waals surface area contributed by atoms with E-state index in [4.69, 9.17) is 0 Å². The highest BCUT2D eigenvalue weighted by molar-refractivity contribution is 5.64. The van der Waals surface area contributed by atoms with E-state index in [1.807, 2.05) is 30.3 Å². The molecule has 1 aromatic carbocycles. The molecule has 0 radical (unpaired) electrons. The van der Waals surface area contributed by atoms with Crippen molar-refractivity contribution in [2.75, 3.05) is 0 Å². The third kappa shape index (κ3) is 1.77. The molecule has 0 atom stereocenters. The van der Waals surface area contributed by atoms with Crippen LogP contribution in [0.5, 0.6) is 0 Å². The lowest BCUT2D eigenvalue weighted by Gasteiger charge is -1.92. The van der Waals surface area contributed by atoms with Crippen molar-refractivity contribution in [1.82, 2.24) is 25.0 Å². The maximum atomic E-state index is 13.1. The van der Waals surface area contributed by atoms with Crippen LogP contribution in [0.1, 0.15) is 0 Å². The largest absolute Gasteiger partial charge is 0.307 e. The maximum absolute atomic E-state index is 13.1. The maximum Gasteiger partial charge on any atom is 0.307 e. The molecular formula is C12H10FN5. The van der Waals surface area contributed by atoms with E-state index in [9.17, 15) is 4.39 Å². The fourth-order valence-corrected chi connectivity index (χ4v) is 1.67. The van der Waals surface area contributed by atoms with Crippen LogP contribution >= 0.6 is 0 Å². The van der Waals surface area contributed by atoms with E-state index in [2.05, 4.69) is 20.3 Å². The first kappa shape index (κ1) is 10.6. The predicted octanol–water partition coefficient (Wildman–Crippen LogP) is 2.01. The fraction of sp³-hybridized carbons (Fsp3) is 0.0833. The number of H-pyrrole nitrogens is 1. The van der Waals surface area contributed by atoms with Crippen LogP contribution in [0.2, 0.25) is 0 Å². The number of benzene rings is 1. The van der Waals surface area contributed by atoms with E-state index in [0.29, 0.717) is 11.5 Å². The summed E-state index contributed by atoms with van der Waals surface area (Å²) in [5, 5.41) is 10.9. The highest BCUT2D eigenvalue weighted by Crippen LogP contribution is 2.21. The van der Waals surface area contributed by atoms with Crippen LogP contribution in [-0.4, -0.2) is 25.0 Å². The Bertz CT molecular complexity index is 651. The average Bonchev–Trinajstić information content (AvgIpc) is 2.99. The van der Waals surface area contributed by atoms with E-state index in [1.165, 1.54) is 7.05 Å². The van der Waals surface area contributed by atoms with E-state index >= 15 is 0 Å². The van der Waals surface area contributed by atoms with E-state index in [0.717, 1.165) is 15.9 Å². The first-order valence-electron chi connectivity index (χ1n) is 5.42. The lowest BCUT2D eigenvalue weighted by atomic mass is 10.1. The van der Waals surface area contributed by atoms with Crippen molar-refractivity contribution in [3.05, 3.63) is 42.5 Å². The van der Waals surface area contributed by atoms with Gasteiger partial charge in [0.05, 0.1) is 5.69 Å². The zero-order valence-corrected chi connectivity index (χ0v) is 9.63. The fourth-order valence-electron chi connectivity index (χ4n) is 1.67. The molecule has 0 bridgehead atoms. The molecule has 0 amide bonds. The van der Waals surface area contributed by atoms with Gasteiger partial charge in [-0.05, 0) is 6.07 Å². The van der Waals surface area contributed by atoms with Gasteiger partial charge >= 0.3 is 6.08 Å². The molecule has 0 spiro atoms. The summed E-state index contributed by atoms with van der Waals surface area (Å²) >= 11 is 0. The zero-order chi connectivity index (χ0) is 12.5. The number of nitrogens with zero attached hydrogens (tertiary/aromatic N) is 4. The number of aryl methyl sites for hydroxylation is 1. The first-order valence-corrected chi connectivity index (χ1v) is 5.42. The number of halogens is 1. The molecule has 2 aromatic heterocycles. The van der Waals surface area contributed by atoms with Crippen LogP contribution in [0.4, 0.5) is 4.39 Å². The standard InChI is InChI=1S/C12H10FN5/c1-18-12(13)14-11(17-18)10-7-9(15-16-10)8-5-3-2-4-6-8/h2-7H,1H3,(H,15,16). The molecule has 0 unspecified atom stereocenters. The van der Waals surface area contributed by atoms with E-state index in [-0.39, 0.29) is 0 Å². The molecule has 5 nitrogen and oxygen atoms in total. The van der Waals surface area contributed by atoms with Gasteiger partial charge in [0.25, 0.3) is 0 Å². The normalized spacial score (nSPS) is 10.8. The minimum absolute atomic E-state index is 0.296. The summed E-state index contributed by atoms with van der Waals surface area (Å²) in [4.78, 5) is 3.70. The Morgan fingerprint density at radius 3 is 2.67 bits per heavy atom. The molecular weight excluding hydrogens is 233 g/mol. The van der Waals surface area contributed by atoms with Crippen molar-refractivity contribution in [2.24, 2.45) is 7.05 Å². The predicted molar refractivity (Wildman–Crippen MR) is 64.0 cm³/mol. The lowest BCUT2D eigenvalue weighted by molar-refractivity contribution is 0.477. The number of hydrogen-bond donors (Lipinski definition) is 1. The van der Waals surface area contributed by atoms with Gasteiger partial charge in [0, 0.05) is 12.6 Å². The van der Waals surface area contributed by atoms with Gasteiger partial charge in [-0.3, -0.25) is 5.10 Å². The van der Waals surface area contributed by atoms with Crippen LogP contribution < -0.4 is 0 Å². The number of aromatic amines is 1. The molecule has 0 saturated carbocycles. The quantitative estimate of drug-likeness (QED) is 0.749. The van der Waals surface area contributed by atoms with Crippen LogP contribution in [0, 0.1) is 6.08 Å². The van der Waals surface area contributed by atoms with Gasteiger partial charge in [-0.1, -0.05) is 30.3 Å². The third-order valence-corrected chi connectivity index (χ3v) is 2.60. The molecule has 2 heterocycles. The van der Waals surface area contributed by atoms with Crippen molar-refractivity contribution in [1.29, 1.82) is 0 Å². The Balaban J connectivity index is 1.99. The minimum Gasteiger partial charge on any atom is -0.274 e. The second kappa shape index (κ2) is 4.06. The Morgan fingerprint density at radius 2 is 2.00 bits per heavy atom. The van der Waals surface area contributed by atoms with Gasteiger partial charge in [0.2, 0.25) is 5.82 Å². The summed E-state index contributed by atoms with van der Waals surface area (Å²) in [7, 11) is 1.50. The van der Waals surface area contributed by atoms with Gasteiger partial charge in [0.15, 0.2) is 0 Å². The SMILES string of the molecule is Cn1nc(-c2cc(-c3ccccc3)n[nH]2)nc1F. The molecule has 3 rings (SSSR count). The number of hydrogen-bond acceptors (Lipinski definition) is 3. The second-order valence-corrected chi connectivity index (χ2v) is 3.86. The number of aromatic nitrogens is 5. The van der Waals surface area contributed by atoms with Gasteiger partial charge in [-0.2, -0.15) is 14.5 Å². The van der Waals surface area contributed by atoms with E-state index in [1.54, 1.807) is 6.07 Å². The zero-order valence-electron chi connectivity index (χ0n) is 9.63. The topological polar surface area (TPSA) is 59.4 Å². The Kier molecular flexibility index (Phi) is 2.40. The van der Waals surface area contributed by atoms with Crippen LogP contribution in [0.15, 0.2) is 36.4 Å². The molecule has 6 heteroatoms. The summed E-state index contributed by atoms with van der Waals surface area (Å²) in [5.41, 5.74) is 2.35. The summed E-state index contributed by atoms with van der Waals surface area (Å²) < 4.78 is 14.2. The molecule has 0 aliphatic carbocycles. The molecule has 1 N–H and O–H groups in total. The Labute approximate surface area is 102 Å². The van der Waals surface area contributed by atoms with Crippen LogP contribution in [-0.2, 0) is 7.05 Å². The van der Waals surface area contributed by atoms with E-state index < -0.39 is 6.08 Å². The third-order valence-electron chi connectivity index (χ3n) is 2.60. The monoisotopic (exact) mass is 243 g/mol. The highest BCUT2D eigenvalue weighted by Gasteiger charge is 2.12. The molecule has 0 saturated heterocycles. The lowest BCUT2D eigenvalue weighted by Crippen LogP contribution is -1.93. The highest BCUT2D eigenvalue weighted by atomic mass is 19.1. The summed E-state index contributed by atoms with van der Waals surface area (Å²) in [6.45, 7) is 0. The van der Waals surface area contributed by atoms with Gasteiger partial charge in [0.1, 0.15) is 5.69 Å². The molecule has 0 aliphatic heterocycles. The molecule has 3 aromatic rings. The van der Waals surface area contributed by atoms with Crippen molar-refractivity contribution >= 4 is 0 Å². The molecule has 0 fully saturated rings. The van der Waals surface area contributed by atoms with Crippen LogP contribution in [0.25, 0.3) is 22.8 Å². The minimum atomic E-state index is -0.624. The number of rotatable bonds is 2. The average molecular weight is 243 g/mol. The van der Waals surface area contributed by atoms with Crippen molar-refractivity contribution in [3.63, 3.8) is 0 Å². The number of nitrogens with one attached hydrogen (secondary N) is 1. The Morgan fingerprint density at radius 1 is 1.22 bits per heavy atom.